The number of alkyl carbamates (subject to hydrolysis) is 2. The Labute approximate surface area is 245 Å². The number of nitrogens with one attached hydrogen (secondary N) is 3. The third-order valence-electron chi connectivity index (χ3n) is 6.83. The van der Waals surface area contributed by atoms with Crippen molar-refractivity contribution < 1.29 is 38.6 Å². The van der Waals surface area contributed by atoms with Crippen LogP contribution in [-0.4, -0.2) is 78.8 Å². The molecule has 0 unspecified atom stereocenters. The lowest BCUT2D eigenvalue weighted by atomic mass is 9.84. The highest BCUT2D eigenvalue weighted by molar-refractivity contribution is 6.30. The Hall–Kier alpha value is -3.54. The first-order chi connectivity index (χ1) is 19.6. The number of likely N-dealkylation sites (N-methyl/N-ethyl adjacent to an activating group) is 1. The third-order valence-corrected chi connectivity index (χ3v) is 7.06. The molecule has 1 aromatic carbocycles. The van der Waals surface area contributed by atoms with Crippen LogP contribution in [-0.2, 0) is 30.5 Å². The number of aliphatic carboxylic acids is 1. The predicted octanol–water partition coefficient (Wildman–Crippen LogP) is 3.46. The number of carbonyl (C=O) groups is 5. The molecule has 0 aliphatic heterocycles. The zero-order chi connectivity index (χ0) is 30.2. The van der Waals surface area contributed by atoms with Crippen LogP contribution < -0.4 is 16.0 Å². The Bertz CT molecular complexity index is 1030. The summed E-state index contributed by atoms with van der Waals surface area (Å²) in [6, 6.07) is 4.49. The molecule has 0 radical (unpaired) electrons. The topological polar surface area (TPSA) is 163 Å². The van der Waals surface area contributed by atoms with Gasteiger partial charge in [0.15, 0.2) is 0 Å². The van der Waals surface area contributed by atoms with E-state index < -0.39 is 36.1 Å². The summed E-state index contributed by atoms with van der Waals surface area (Å²) in [6.07, 6.45) is 3.63. The Morgan fingerprint density at radius 1 is 1.05 bits per heavy atom. The van der Waals surface area contributed by atoms with E-state index in [1.165, 1.54) is 11.9 Å². The minimum Gasteiger partial charge on any atom is -0.480 e. The van der Waals surface area contributed by atoms with Crippen LogP contribution in [0.5, 0.6) is 0 Å². The number of amides is 4. The van der Waals surface area contributed by atoms with Gasteiger partial charge in [-0.1, -0.05) is 55.8 Å². The van der Waals surface area contributed by atoms with Crippen molar-refractivity contribution in [3.05, 3.63) is 34.9 Å². The molecule has 0 spiro atoms. The van der Waals surface area contributed by atoms with Gasteiger partial charge in [-0.05, 0) is 43.4 Å². The standard InChI is InChI=1S/C28H41ClN4O8/c1-3-30-27(38)40-15-14-33(2)24(34)13-12-22(26(36)37)31-25(35)23(17-19-8-5-4-6-9-19)32-28(39)41-18-20-10-7-11-21(29)16-20/h7,10-11,16,19,22-23H,3-6,8-9,12-15,17-18H2,1-2H3,(H,30,38)(H,31,35)(H,32,39)(H,36,37)/t22-,23-/m0/s1. The number of carboxylic acid groups (broad SMARTS) is 1. The summed E-state index contributed by atoms with van der Waals surface area (Å²) in [5, 5.41) is 17.8. The molecule has 4 N–H and O–H groups in total. The molecule has 228 valence electrons. The van der Waals surface area contributed by atoms with Gasteiger partial charge < -0.3 is 35.4 Å². The molecule has 41 heavy (non-hydrogen) atoms. The molecular formula is C28H41ClN4O8. The molecule has 1 fully saturated rings. The van der Waals surface area contributed by atoms with Gasteiger partial charge in [0.25, 0.3) is 0 Å². The normalized spacial score (nSPS) is 14.7. The van der Waals surface area contributed by atoms with E-state index in [1.807, 2.05) is 0 Å². The molecule has 1 saturated carbocycles. The maximum atomic E-state index is 13.2. The van der Waals surface area contributed by atoms with Crippen molar-refractivity contribution in [1.29, 1.82) is 0 Å². The molecule has 1 aliphatic carbocycles. The first-order valence-electron chi connectivity index (χ1n) is 13.9. The first-order valence-corrected chi connectivity index (χ1v) is 14.3. The third kappa shape index (κ3) is 13.1. The van der Waals surface area contributed by atoms with Crippen molar-refractivity contribution in [2.75, 3.05) is 26.7 Å². The van der Waals surface area contributed by atoms with E-state index in [4.69, 9.17) is 21.1 Å². The monoisotopic (exact) mass is 596 g/mol. The Balaban J connectivity index is 1.94. The summed E-state index contributed by atoms with van der Waals surface area (Å²) in [6.45, 7) is 2.22. The Morgan fingerprint density at radius 3 is 2.44 bits per heavy atom. The van der Waals surface area contributed by atoms with Gasteiger partial charge in [-0.15, -0.1) is 0 Å². The van der Waals surface area contributed by atoms with E-state index >= 15 is 0 Å². The van der Waals surface area contributed by atoms with Crippen molar-refractivity contribution in [3.8, 4) is 0 Å². The van der Waals surface area contributed by atoms with Gasteiger partial charge in [-0.25, -0.2) is 14.4 Å². The average molecular weight is 597 g/mol. The van der Waals surface area contributed by atoms with E-state index in [0.29, 0.717) is 23.6 Å². The van der Waals surface area contributed by atoms with Crippen LogP contribution >= 0.6 is 11.6 Å². The number of carbonyl (C=O) groups excluding carboxylic acids is 4. The van der Waals surface area contributed by atoms with E-state index in [9.17, 15) is 29.1 Å². The molecule has 0 saturated heterocycles. The van der Waals surface area contributed by atoms with Gasteiger partial charge >= 0.3 is 18.2 Å². The van der Waals surface area contributed by atoms with E-state index in [2.05, 4.69) is 16.0 Å². The highest BCUT2D eigenvalue weighted by Crippen LogP contribution is 2.27. The number of rotatable bonds is 15. The summed E-state index contributed by atoms with van der Waals surface area (Å²) in [5.74, 6) is -2.12. The number of halogens is 1. The van der Waals surface area contributed by atoms with Crippen molar-refractivity contribution >= 4 is 41.6 Å². The van der Waals surface area contributed by atoms with Gasteiger partial charge in [-0.2, -0.15) is 0 Å². The van der Waals surface area contributed by atoms with Crippen LogP contribution in [0.4, 0.5) is 9.59 Å². The zero-order valence-corrected chi connectivity index (χ0v) is 24.4. The predicted molar refractivity (Wildman–Crippen MR) is 151 cm³/mol. The summed E-state index contributed by atoms with van der Waals surface area (Å²) >= 11 is 5.97. The lowest BCUT2D eigenvalue weighted by molar-refractivity contribution is -0.142. The van der Waals surface area contributed by atoms with Crippen LogP contribution in [0.3, 0.4) is 0 Å². The first kappa shape index (κ1) is 33.7. The highest BCUT2D eigenvalue weighted by atomic mass is 35.5. The van der Waals surface area contributed by atoms with E-state index in [-0.39, 0.29) is 44.4 Å². The van der Waals surface area contributed by atoms with Gasteiger partial charge in [0, 0.05) is 25.0 Å². The fourth-order valence-electron chi connectivity index (χ4n) is 4.53. The fourth-order valence-corrected chi connectivity index (χ4v) is 4.74. The maximum Gasteiger partial charge on any atom is 0.408 e. The lowest BCUT2D eigenvalue weighted by Crippen LogP contribution is -2.52. The number of hydrogen-bond donors (Lipinski definition) is 4. The molecular weight excluding hydrogens is 556 g/mol. The van der Waals surface area contributed by atoms with Crippen molar-refractivity contribution in [3.63, 3.8) is 0 Å². The Kier molecular flexibility index (Phi) is 14.8. The van der Waals surface area contributed by atoms with E-state index in [0.717, 1.165) is 32.1 Å². The minimum absolute atomic E-state index is 0.0188. The number of hydrogen-bond acceptors (Lipinski definition) is 7. The minimum atomic E-state index is -1.34. The molecule has 1 aromatic rings. The smallest absolute Gasteiger partial charge is 0.408 e. The number of benzene rings is 1. The van der Waals surface area contributed by atoms with Gasteiger partial charge in [0.1, 0.15) is 25.3 Å². The van der Waals surface area contributed by atoms with Crippen molar-refractivity contribution in [2.24, 2.45) is 5.92 Å². The van der Waals surface area contributed by atoms with E-state index in [1.54, 1.807) is 31.2 Å². The van der Waals surface area contributed by atoms with Crippen LogP contribution in [0.15, 0.2) is 24.3 Å². The maximum absolute atomic E-state index is 13.2. The summed E-state index contributed by atoms with van der Waals surface area (Å²) in [7, 11) is 1.51. The molecule has 1 aliphatic rings. The summed E-state index contributed by atoms with van der Waals surface area (Å²) in [5.41, 5.74) is 0.678. The van der Waals surface area contributed by atoms with Crippen LogP contribution in [0.1, 0.15) is 63.9 Å². The molecule has 0 bridgehead atoms. The summed E-state index contributed by atoms with van der Waals surface area (Å²) in [4.78, 5) is 62.9. The van der Waals surface area contributed by atoms with Crippen LogP contribution in [0, 0.1) is 5.92 Å². The van der Waals surface area contributed by atoms with Gasteiger partial charge in [-0.3, -0.25) is 9.59 Å². The number of nitrogens with zero attached hydrogens (tertiary/aromatic N) is 1. The fraction of sp³-hybridized carbons (Fsp3) is 0.607. The second-order valence-electron chi connectivity index (χ2n) is 10.1. The second-order valence-corrected chi connectivity index (χ2v) is 10.5. The van der Waals surface area contributed by atoms with Crippen molar-refractivity contribution in [1.82, 2.24) is 20.9 Å². The van der Waals surface area contributed by atoms with Crippen molar-refractivity contribution in [2.45, 2.75) is 77.0 Å². The Morgan fingerprint density at radius 2 is 1.78 bits per heavy atom. The lowest BCUT2D eigenvalue weighted by Gasteiger charge is -2.27. The average Bonchev–Trinajstić information content (AvgIpc) is 2.94. The molecule has 2 rings (SSSR count). The highest BCUT2D eigenvalue weighted by Gasteiger charge is 2.30. The van der Waals surface area contributed by atoms with Crippen LogP contribution in [0.2, 0.25) is 5.02 Å². The van der Waals surface area contributed by atoms with Crippen LogP contribution in [0.25, 0.3) is 0 Å². The zero-order valence-electron chi connectivity index (χ0n) is 23.7. The van der Waals surface area contributed by atoms with Gasteiger partial charge in [0.2, 0.25) is 11.8 Å². The molecule has 2 atom stereocenters. The van der Waals surface area contributed by atoms with Gasteiger partial charge in [0.05, 0.1) is 6.54 Å². The molecule has 13 heteroatoms. The quantitative estimate of drug-likeness (QED) is 0.239. The summed E-state index contributed by atoms with van der Waals surface area (Å²) < 4.78 is 10.2. The molecule has 0 aromatic heterocycles. The molecule has 12 nitrogen and oxygen atoms in total. The molecule has 4 amide bonds. The number of carboxylic acids is 1. The SMILES string of the molecule is CCNC(=O)OCCN(C)C(=O)CC[C@H](NC(=O)[C@H](CC1CCCCC1)NC(=O)OCc1cccc(Cl)c1)C(=O)O. The second kappa shape index (κ2) is 18.0. The number of ether oxygens (including phenoxy) is 2. The largest absolute Gasteiger partial charge is 0.480 e. The molecule has 0 heterocycles.